The number of nitrogens with two attached hydrogens (primary N) is 1. The number of benzene rings is 1. The van der Waals surface area contributed by atoms with Crippen LogP contribution in [-0.2, 0) is 6.54 Å². The van der Waals surface area contributed by atoms with E-state index in [1.165, 1.54) is 0 Å². The van der Waals surface area contributed by atoms with Crippen LogP contribution in [0.25, 0.3) is 11.4 Å². The molecule has 0 saturated heterocycles. The van der Waals surface area contributed by atoms with E-state index in [0.717, 1.165) is 35.9 Å². The van der Waals surface area contributed by atoms with Gasteiger partial charge in [-0.15, -0.1) is 10.2 Å². The lowest BCUT2D eigenvalue weighted by Gasteiger charge is -2.10. The molecule has 1 aromatic heterocycles. The summed E-state index contributed by atoms with van der Waals surface area (Å²) in [6.07, 6.45) is 1.02. The van der Waals surface area contributed by atoms with Gasteiger partial charge in [-0.1, -0.05) is 6.92 Å². The van der Waals surface area contributed by atoms with Crippen LogP contribution < -0.4 is 10.5 Å². The van der Waals surface area contributed by atoms with Crippen molar-refractivity contribution in [1.29, 1.82) is 0 Å². The van der Waals surface area contributed by atoms with Gasteiger partial charge in [0.25, 0.3) is 0 Å². The number of aromatic nitrogens is 3. The summed E-state index contributed by atoms with van der Waals surface area (Å²) in [5.41, 5.74) is 7.56. The third kappa shape index (κ3) is 2.16. The van der Waals surface area contributed by atoms with E-state index < -0.39 is 0 Å². The minimum Gasteiger partial charge on any atom is -0.497 e. The Kier molecular flexibility index (Phi) is 3.50. The number of hydrogen-bond donors (Lipinski definition) is 1. The van der Waals surface area contributed by atoms with Gasteiger partial charge >= 0.3 is 0 Å². The van der Waals surface area contributed by atoms with Crippen molar-refractivity contribution in [3.05, 3.63) is 24.0 Å². The smallest absolute Gasteiger partial charge is 0.166 e. The summed E-state index contributed by atoms with van der Waals surface area (Å²) in [5.74, 6) is 2.46. The van der Waals surface area contributed by atoms with Gasteiger partial charge in [-0.2, -0.15) is 0 Å². The Labute approximate surface area is 107 Å². The van der Waals surface area contributed by atoms with Crippen molar-refractivity contribution in [3.8, 4) is 17.1 Å². The van der Waals surface area contributed by atoms with Crippen molar-refractivity contribution < 1.29 is 4.74 Å². The SMILES string of the molecule is CCCn1c(C)nnc1-c1cc(OC)ccc1N. The first-order valence-corrected chi connectivity index (χ1v) is 6.01. The van der Waals surface area contributed by atoms with Crippen LogP contribution in [0.5, 0.6) is 5.75 Å². The number of anilines is 1. The molecule has 1 heterocycles. The monoisotopic (exact) mass is 246 g/mol. The molecule has 5 heteroatoms. The summed E-state index contributed by atoms with van der Waals surface area (Å²) in [6, 6.07) is 5.56. The zero-order valence-corrected chi connectivity index (χ0v) is 11.0. The maximum Gasteiger partial charge on any atom is 0.166 e. The Morgan fingerprint density at radius 1 is 1.33 bits per heavy atom. The van der Waals surface area contributed by atoms with Gasteiger partial charge in [0.2, 0.25) is 0 Å². The topological polar surface area (TPSA) is 66.0 Å². The molecule has 2 aromatic rings. The summed E-state index contributed by atoms with van der Waals surface area (Å²) in [5, 5.41) is 8.34. The van der Waals surface area contributed by atoms with Crippen molar-refractivity contribution in [2.24, 2.45) is 0 Å². The Bertz CT molecular complexity index is 548. The highest BCUT2D eigenvalue weighted by Gasteiger charge is 2.13. The number of methoxy groups -OCH3 is 1. The predicted molar refractivity (Wildman–Crippen MR) is 71.5 cm³/mol. The van der Waals surface area contributed by atoms with E-state index in [1.807, 2.05) is 25.1 Å². The first kappa shape index (κ1) is 12.4. The second-order valence-corrected chi connectivity index (χ2v) is 4.18. The molecule has 2 rings (SSSR count). The molecule has 18 heavy (non-hydrogen) atoms. The van der Waals surface area contributed by atoms with Gasteiger partial charge in [0.1, 0.15) is 11.6 Å². The minimum absolute atomic E-state index is 0.681. The highest BCUT2D eigenvalue weighted by Crippen LogP contribution is 2.29. The third-order valence-corrected chi connectivity index (χ3v) is 2.88. The number of aryl methyl sites for hydroxylation is 1. The van der Waals surface area contributed by atoms with E-state index in [0.29, 0.717) is 5.69 Å². The maximum absolute atomic E-state index is 6.01. The van der Waals surface area contributed by atoms with E-state index >= 15 is 0 Å². The van der Waals surface area contributed by atoms with E-state index in [4.69, 9.17) is 10.5 Å². The summed E-state index contributed by atoms with van der Waals surface area (Å²) in [4.78, 5) is 0. The lowest BCUT2D eigenvalue weighted by atomic mass is 10.1. The predicted octanol–water partition coefficient (Wildman–Crippen LogP) is 2.25. The van der Waals surface area contributed by atoms with Gasteiger partial charge in [0.15, 0.2) is 5.82 Å². The van der Waals surface area contributed by atoms with Gasteiger partial charge in [-0.3, -0.25) is 0 Å². The largest absolute Gasteiger partial charge is 0.497 e. The molecule has 0 atom stereocenters. The lowest BCUT2D eigenvalue weighted by Crippen LogP contribution is -2.03. The zero-order chi connectivity index (χ0) is 13.1. The number of ether oxygens (including phenoxy) is 1. The summed E-state index contributed by atoms with van der Waals surface area (Å²) < 4.78 is 7.30. The van der Waals surface area contributed by atoms with Crippen molar-refractivity contribution in [3.63, 3.8) is 0 Å². The Morgan fingerprint density at radius 3 is 2.78 bits per heavy atom. The van der Waals surface area contributed by atoms with Crippen molar-refractivity contribution >= 4 is 5.69 Å². The standard InChI is InChI=1S/C13H18N4O/c1-4-7-17-9(2)15-16-13(17)11-8-10(18-3)5-6-12(11)14/h5-6,8H,4,7,14H2,1-3H3. The zero-order valence-electron chi connectivity index (χ0n) is 11.0. The molecule has 0 bridgehead atoms. The molecule has 96 valence electrons. The Balaban J connectivity index is 2.54. The maximum atomic E-state index is 6.01. The number of nitrogens with zero attached hydrogens (tertiary/aromatic N) is 3. The highest BCUT2D eigenvalue weighted by atomic mass is 16.5. The normalized spacial score (nSPS) is 10.6. The molecule has 0 fully saturated rings. The van der Waals surface area contributed by atoms with E-state index in [-0.39, 0.29) is 0 Å². The van der Waals surface area contributed by atoms with Crippen molar-refractivity contribution in [1.82, 2.24) is 14.8 Å². The summed E-state index contributed by atoms with van der Waals surface area (Å²) in [7, 11) is 1.64. The van der Waals surface area contributed by atoms with Crippen LogP contribution in [0.1, 0.15) is 19.2 Å². The minimum atomic E-state index is 0.681. The second-order valence-electron chi connectivity index (χ2n) is 4.18. The quantitative estimate of drug-likeness (QED) is 0.840. The summed E-state index contributed by atoms with van der Waals surface area (Å²) in [6.45, 7) is 4.95. The lowest BCUT2D eigenvalue weighted by molar-refractivity contribution is 0.415. The molecule has 0 saturated carbocycles. The number of rotatable bonds is 4. The fourth-order valence-electron chi connectivity index (χ4n) is 1.93. The Morgan fingerprint density at radius 2 is 2.11 bits per heavy atom. The molecule has 0 aliphatic rings. The fraction of sp³-hybridized carbons (Fsp3) is 0.385. The molecule has 0 amide bonds. The van der Waals surface area contributed by atoms with Gasteiger partial charge < -0.3 is 15.0 Å². The molecule has 1 aromatic carbocycles. The van der Waals surface area contributed by atoms with Crippen LogP contribution in [0.4, 0.5) is 5.69 Å². The molecule has 0 aliphatic heterocycles. The summed E-state index contributed by atoms with van der Waals surface area (Å²) >= 11 is 0. The molecular formula is C13H18N4O. The first-order valence-electron chi connectivity index (χ1n) is 6.01. The van der Waals surface area contributed by atoms with Crippen LogP contribution >= 0.6 is 0 Å². The number of hydrogen-bond acceptors (Lipinski definition) is 4. The molecule has 0 radical (unpaired) electrons. The van der Waals surface area contributed by atoms with Gasteiger partial charge in [0.05, 0.1) is 7.11 Å². The van der Waals surface area contributed by atoms with Crippen LogP contribution in [0.2, 0.25) is 0 Å². The van der Waals surface area contributed by atoms with Crippen LogP contribution in [0.3, 0.4) is 0 Å². The molecule has 5 nitrogen and oxygen atoms in total. The van der Waals surface area contributed by atoms with Gasteiger partial charge in [0, 0.05) is 17.8 Å². The van der Waals surface area contributed by atoms with Crippen LogP contribution in [0.15, 0.2) is 18.2 Å². The van der Waals surface area contributed by atoms with Gasteiger partial charge in [-0.05, 0) is 31.5 Å². The van der Waals surface area contributed by atoms with Gasteiger partial charge in [-0.25, -0.2) is 0 Å². The average Bonchev–Trinajstić information content (AvgIpc) is 2.73. The van der Waals surface area contributed by atoms with E-state index in [2.05, 4.69) is 21.7 Å². The molecule has 0 aliphatic carbocycles. The molecule has 0 unspecified atom stereocenters. The van der Waals surface area contributed by atoms with Crippen molar-refractivity contribution in [2.45, 2.75) is 26.8 Å². The number of nitrogen functional groups attached to an aromatic ring is 1. The van der Waals surface area contributed by atoms with E-state index in [1.54, 1.807) is 7.11 Å². The second kappa shape index (κ2) is 5.08. The molecular weight excluding hydrogens is 228 g/mol. The first-order chi connectivity index (χ1) is 8.67. The highest BCUT2D eigenvalue weighted by molar-refractivity contribution is 5.73. The average molecular weight is 246 g/mol. The molecule has 2 N–H and O–H groups in total. The third-order valence-electron chi connectivity index (χ3n) is 2.88. The van der Waals surface area contributed by atoms with E-state index in [9.17, 15) is 0 Å². The van der Waals surface area contributed by atoms with Crippen molar-refractivity contribution in [2.75, 3.05) is 12.8 Å². The van der Waals surface area contributed by atoms with Crippen LogP contribution in [-0.4, -0.2) is 21.9 Å². The Hall–Kier alpha value is -2.04. The molecule has 0 spiro atoms. The van der Waals surface area contributed by atoms with Crippen LogP contribution in [0, 0.1) is 6.92 Å². The fourth-order valence-corrected chi connectivity index (χ4v) is 1.93.